The van der Waals surface area contributed by atoms with E-state index in [1.807, 2.05) is 48.5 Å². The van der Waals surface area contributed by atoms with E-state index < -0.39 is 0 Å². The highest BCUT2D eigenvalue weighted by molar-refractivity contribution is 6.07. The first kappa shape index (κ1) is 17.1. The Balaban J connectivity index is 1.56. The van der Waals surface area contributed by atoms with Gasteiger partial charge in [-0.05, 0) is 41.5 Å². The maximum atomic E-state index is 12.4. The summed E-state index contributed by atoms with van der Waals surface area (Å²) in [6.45, 7) is 0. The Labute approximate surface area is 167 Å². The third-order valence-electron chi connectivity index (χ3n) is 5.09. The second-order valence-corrected chi connectivity index (χ2v) is 6.97. The van der Waals surface area contributed by atoms with Crippen LogP contribution < -0.4 is 5.32 Å². The van der Waals surface area contributed by atoms with Crippen molar-refractivity contribution in [1.82, 2.24) is 9.97 Å². The van der Waals surface area contributed by atoms with Crippen molar-refractivity contribution in [3.05, 3.63) is 89.6 Å². The van der Waals surface area contributed by atoms with E-state index in [0.717, 1.165) is 33.3 Å². The van der Waals surface area contributed by atoms with Gasteiger partial charge in [0, 0.05) is 28.2 Å². The highest BCUT2D eigenvalue weighted by Crippen LogP contribution is 2.36. The first-order chi connectivity index (χ1) is 14.2. The summed E-state index contributed by atoms with van der Waals surface area (Å²) in [5, 5.41) is 3.84. The summed E-state index contributed by atoms with van der Waals surface area (Å²) in [6.07, 6.45) is 5.31. The molecule has 0 saturated carbocycles. The molecule has 2 N–H and O–H groups in total. The molecule has 5 rings (SSSR count). The number of aromatic amines is 1. The fraction of sp³-hybridized carbons (Fsp3) is 0.0417. The molecule has 4 aromatic rings. The number of pyridine rings is 1. The van der Waals surface area contributed by atoms with Gasteiger partial charge in [0.1, 0.15) is 5.82 Å². The average Bonchev–Trinajstić information content (AvgIpc) is 3.03. The van der Waals surface area contributed by atoms with Gasteiger partial charge in [-0.3, -0.25) is 9.59 Å². The lowest BCUT2D eigenvalue weighted by Crippen LogP contribution is -2.13. The largest absolute Gasteiger partial charge is 0.354 e. The summed E-state index contributed by atoms with van der Waals surface area (Å²) in [6, 6.07) is 18.9. The summed E-state index contributed by atoms with van der Waals surface area (Å²) in [4.78, 5) is 32.4. The lowest BCUT2D eigenvalue weighted by molar-refractivity contribution is -0.115. The molecule has 2 aromatic carbocycles. The summed E-state index contributed by atoms with van der Waals surface area (Å²) in [5.74, 6) is 0.430. The van der Waals surface area contributed by atoms with Crippen LogP contribution in [0.2, 0.25) is 0 Å². The van der Waals surface area contributed by atoms with Crippen LogP contribution in [0.4, 0.5) is 5.82 Å². The molecule has 1 amide bonds. The number of ketones is 1. The first-order valence-electron chi connectivity index (χ1n) is 9.36. The average molecular weight is 379 g/mol. The third kappa shape index (κ3) is 3.12. The number of H-pyrrole nitrogens is 1. The molecule has 1 aliphatic rings. The number of carbonyl (C=O) groups is 2. The predicted octanol–water partition coefficient (Wildman–Crippen LogP) is 4.62. The van der Waals surface area contributed by atoms with E-state index in [9.17, 15) is 9.59 Å². The second kappa shape index (κ2) is 6.87. The fourth-order valence-corrected chi connectivity index (χ4v) is 3.70. The number of nitrogens with one attached hydrogen (secondary N) is 2. The Morgan fingerprint density at radius 1 is 1.03 bits per heavy atom. The van der Waals surface area contributed by atoms with Crippen molar-refractivity contribution in [2.75, 3.05) is 5.32 Å². The minimum Gasteiger partial charge on any atom is -0.354 e. The fourth-order valence-electron chi connectivity index (χ4n) is 3.70. The molecule has 29 heavy (non-hydrogen) atoms. The highest BCUT2D eigenvalue weighted by Gasteiger charge is 2.23. The minimum absolute atomic E-state index is 0.0435. The second-order valence-electron chi connectivity index (χ2n) is 6.97. The Bertz CT molecular complexity index is 1290. The van der Waals surface area contributed by atoms with Crippen molar-refractivity contribution in [1.29, 1.82) is 0 Å². The molecular formula is C24H17N3O2. The number of nitrogens with zero attached hydrogens (tertiary/aromatic N) is 1. The molecule has 0 saturated heterocycles. The van der Waals surface area contributed by atoms with Crippen LogP contribution in [0.25, 0.3) is 28.2 Å². The van der Waals surface area contributed by atoms with Crippen LogP contribution in [0.15, 0.2) is 72.9 Å². The standard InChI is InChI=1S/C24H17N3O2/c28-21(16-5-2-1-3-6-16)11-9-15-8-10-20-18(13-15)19-14-22(29)27-24-17(23(19)26-20)7-4-12-25-24/h1-13,26H,14H2,(H,25,27,29)/b11-9+. The topological polar surface area (TPSA) is 74.8 Å². The molecule has 3 heterocycles. The molecule has 0 spiro atoms. The number of aromatic nitrogens is 2. The smallest absolute Gasteiger partial charge is 0.230 e. The molecule has 0 radical (unpaired) electrons. The Morgan fingerprint density at radius 2 is 1.90 bits per heavy atom. The molecule has 5 heteroatoms. The number of carbonyl (C=O) groups excluding carboxylic acids is 2. The zero-order valence-electron chi connectivity index (χ0n) is 15.5. The van der Waals surface area contributed by atoms with E-state index in [1.54, 1.807) is 30.5 Å². The first-order valence-corrected chi connectivity index (χ1v) is 9.36. The van der Waals surface area contributed by atoms with E-state index >= 15 is 0 Å². The van der Waals surface area contributed by atoms with E-state index in [0.29, 0.717) is 11.4 Å². The summed E-state index contributed by atoms with van der Waals surface area (Å²) >= 11 is 0. The van der Waals surface area contributed by atoms with Gasteiger partial charge >= 0.3 is 0 Å². The van der Waals surface area contributed by atoms with Gasteiger partial charge in [0.05, 0.1) is 12.1 Å². The molecule has 0 aliphatic carbocycles. The van der Waals surface area contributed by atoms with E-state index in [4.69, 9.17) is 0 Å². The molecule has 0 fully saturated rings. The number of fused-ring (bicyclic) bond motifs is 5. The van der Waals surface area contributed by atoms with Crippen molar-refractivity contribution in [2.45, 2.75) is 6.42 Å². The normalized spacial score (nSPS) is 13.0. The number of hydrogen-bond donors (Lipinski definition) is 2. The Morgan fingerprint density at radius 3 is 2.76 bits per heavy atom. The van der Waals surface area contributed by atoms with Crippen LogP contribution in [0.3, 0.4) is 0 Å². The molecule has 0 unspecified atom stereocenters. The zero-order valence-corrected chi connectivity index (χ0v) is 15.5. The van der Waals surface area contributed by atoms with Gasteiger partial charge in [0.15, 0.2) is 5.78 Å². The lowest BCUT2D eigenvalue weighted by atomic mass is 10.0. The van der Waals surface area contributed by atoms with Gasteiger partial charge in [-0.25, -0.2) is 4.98 Å². The molecule has 0 bridgehead atoms. The molecule has 0 atom stereocenters. The quantitative estimate of drug-likeness (QED) is 0.403. The molecular weight excluding hydrogens is 362 g/mol. The number of rotatable bonds is 3. The van der Waals surface area contributed by atoms with E-state index in [2.05, 4.69) is 15.3 Å². The summed E-state index contributed by atoms with van der Waals surface area (Å²) in [5.41, 5.74) is 5.23. The van der Waals surface area contributed by atoms with Gasteiger partial charge < -0.3 is 10.3 Å². The van der Waals surface area contributed by atoms with Crippen LogP contribution >= 0.6 is 0 Å². The summed E-state index contributed by atoms with van der Waals surface area (Å²) in [7, 11) is 0. The van der Waals surface area contributed by atoms with Crippen LogP contribution in [-0.4, -0.2) is 21.7 Å². The summed E-state index contributed by atoms with van der Waals surface area (Å²) < 4.78 is 0. The Hall–Kier alpha value is -3.99. The lowest BCUT2D eigenvalue weighted by Gasteiger charge is -2.04. The van der Waals surface area contributed by atoms with Gasteiger partial charge in [0.2, 0.25) is 5.91 Å². The predicted molar refractivity (Wildman–Crippen MR) is 114 cm³/mol. The van der Waals surface area contributed by atoms with Crippen LogP contribution in [0, 0.1) is 0 Å². The van der Waals surface area contributed by atoms with Gasteiger partial charge in [-0.15, -0.1) is 0 Å². The van der Waals surface area contributed by atoms with Crippen molar-refractivity contribution in [3.8, 4) is 11.3 Å². The highest BCUT2D eigenvalue weighted by atomic mass is 16.1. The number of hydrogen-bond acceptors (Lipinski definition) is 3. The monoisotopic (exact) mass is 379 g/mol. The van der Waals surface area contributed by atoms with Crippen molar-refractivity contribution in [2.24, 2.45) is 0 Å². The van der Waals surface area contributed by atoms with E-state index in [1.165, 1.54) is 0 Å². The van der Waals surface area contributed by atoms with Crippen LogP contribution in [0.5, 0.6) is 0 Å². The number of benzene rings is 2. The minimum atomic E-state index is -0.0928. The van der Waals surface area contributed by atoms with Gasteiger partial charge in [-0.1, -0.05) is 42.5 Å². The maximum Gasteiger partial charge on any atom is 0.230 e. The molecule has 1 aliphatic heterocycles. The third-order valence-corrected chi connectivity index (χ3v) is 5.09. The number of allylic oxidation sites excluding steroid dienone is 1. The molecule has 140 valence electrons. The van der Waals surface area contributed by atoms with E-state index in [-0.39, 0.29) is 18.1 Å². The number of amides is 1. The van der Waals surface area contributed by atoms with Gasteiger partial charge in [0.25, 0.3) is 0 Å². The Kier molecular flexibility index (Phi) is 4.06. The van der Waals surface area contributed by atoms with Crippen molar-refractivity contribution < 1.29 is 9.59 Å². The number of anilines is 1. The van der Waals surface area contributed by atoms with Crippen molar-refractivity contribution >= 4 is 34.5 Å². The molecule has 2 aromatic heterocycles. The van der Waals surface area contributed by atoms with Crippen LogP contribution in [0.1, 0.15) is 21.5 Å². The zero-order chi connectivity index (χ0) is 19.8. The van der Waals surface area contributed by atoms with Gasteiger partial charge in [-0.2, -0.15) is 0 Å². The van der Waals surface area contributed by atoms with Crippen molar-refractivity contribution in [3.63, 3.8) is 0 Å². The molecule has 5 nitrogen and oxygen atoms in total. The maximum absolute atomic E-state index is 12.4. The SMILES string of the molecule is O=C1Cc2c([nH]c3ccc(/C=C/C(=O)c4ccccc4)cc23)-c2cccnc2N1. The van der Waals surface area contributed by atoms with Crippen LogP contribution in [-0.2, 0) is 11.2 Å².